The van der Waals surface area contributed by atoms with Crippen molar-refractivity contribution in [2.75, 3.05) is 11.9 Å². The predicted octanol–water partition coefficient (Wildman–Crippen LogP) is 5.47. The molecule has 3 aromatic rings. The predicted molar refractivity (Wildman–Crippen MR) is 127 cm³/mol. The Bertz CT molecular complexity index is 1020. The second kappa shape index (κ2) is 9.71. The number of aryl methyl sites for hydroxylation is 2. The molecule has 0 aliphatic carbocycles. The van der Waals surface area contributed by atoms with Crippen molar-refractivity contribution in [2.24, 2.45) is 0 Å². The van der Waals surface area contributed by atoms with Crippen molar-refractivity contribution in [3.8, 4) is 11.3 Å². The Balaban J connectivity index is 1.55. The number of benzene rings is 2. The van der Waals surface area contributed by atoms with Crippen molar-refractivity contribution in [3.05, 3.63) is 65.9 Å². The van der Waals surface area contributed by atoms with E-state index in [4.69, 9.17) is 4.74 Å². The fourth-order valence-corrected chi connectivity index (χ4v) is 4.80. The van der Waals surface area contributed by atoms with Gasteiger partial charge in [0.05, 0.1) is 29.8 Å². The molecule has 4 rings (SSSR count). The smallest absolute Gasteiger partial charge is 0.237 e. The van der Waals surface area contributed by atoms with Crippen LogP contribution in [0.4, 0.5) is 5.69 Å². The van der Waals surface area contributed by atoms with Gasteiger partial charge in [-0.3, -0.25) is 4.79 Å². The Kier molecular flexibility index (Phi) is 6.78. The summed E-state index contributed by atoms with van der Waals surface area (Å²) in [5.41, 5.74) is 5.20. The molecule has 1 fully saturated rings. The third-order valence-corrected chi connectivity index (χ3v) is 6.78. The number of nitrogens with zero attached hydrogens (tertiary/aromatic N) is 2. The number of aromatic nitrogens is 2. The maximum atomic E-state index is 13.0. The quantitative estimate of drug-likeness (QED) is 0.500. The highest BCUT2D eigenvalue weighted by atomic mass is 32.2. The van der Waals surface area contributed by atoms with Crippen molar-refractivity contribution < 1.29 is 9.53 Å². The van der Waals surface area contributed by atoms with Gasteiger partial charge in [0.2, 0.25) is 5.91 Å². The van der Waals surface area contributed by atoms with E-state index < -0.39 is 0 Å². The van der Waals surface area contributed by atoms with Crippen molar-refractivity contribution >= 4 is 23.4 Å². The summed E-state index contributed by atoms with van der Waals surface area (Å²) in [6.45, 7) is 7.53. The Morgan fingerprint density at radius 2 is 1.94 bits per heavy atom. The van der Waals surface area contributed by atoms with E-state index in [1.165, 1.54) is 11.8 Å². The molecule has 31 heavy (non-hydrogen) atoms. The van der Waals surface area contributed by atoms with Gasteiger partial charge in [0.1, 0.15) is 0 Å². The number of imidazole rings is 1. The van der Waals surface area contributed by atoms with Crippen LogP contribution in [0.25, 0.3) is 11.3 Å². The van der Waals surface area contributed by atoms with Crippen LogP contribution in [-0.2, 0) is 16.1 Å². The van der Waals surface area contributed by atoms with Crippen LogP contribution in [0.5, 0.6) is 0 Å². The third-order valence-electron chi connectivity index (χ3n) is 5.68. The lowest BCUT2D eigenvalue weighted by Gasteiger charge is -2.18. The molecule has 2 aromatic carbocycles. The Hall–Kier alpha value is -2.57. The summed E-state index contributed by atoms with van der Waals surface area (Å²) >= 11 is 1.49. The largest absolute Gasteiger partial charge is 0.376 e. The minimum Gasteiger partial charge on any atom is -0.376 e. The van der Waals surface area contributed by atoms with Crippen molar-refractivity contribution in [2.45, 2.75) is 56.7 Å². The van der Waals surface area contributed by atoms with Gasteiger partial charge in [-0.1, -0.05) is 60.3 Å². The number of rotatable bonds is 7. The van der Waals surface area contributed by atoms with Gasteiger partial charge in [0, 0.05) is 12.3 Å². The van der Waals surface area contributed by atoms with E-state index in [0.29, 0.717) is 0 Å². The number of para-hydroxylation sites is 1. The first-order valence-corrected chi connectivity index (χ1v) is 11.7. The molecule has 1 aliphatic rings. The van der Waals surface area contributed by atoms with Crippen LogP contribution in [0.2, 0.25) is 0 Å². The van der Waals surface area contributed by atoms with Gasteiger partial charge in [-0.2, -0.15) is 0 Å². The summed E-state index contributed by atoms with van der Waals surface area (Å²) in [6, 6.07) is 16.3. The number of anilines is 1. The molecule has 162 valence electrons. The first-order valence-electron chi connectivity index (χ1n) is 10.8. The van der Waals surface area contributed by atoms with Gasteiger partial charge in [0.15, 0.2) is 5.16 Å². The first kappa shape index (κ1) is 21.7. The summed E-state index contributed by atoms with van der Waals surface area (Å²) in [7, 11) is 0. The van der Waals surface area contributed by atoms with Gasteiger partial charge in [-0.05, 0) is 50.3 Å². The molecule has 1 aromatic heterocycles. The van der Waals surface area contributed by atoms with Crippen LogP contribution in [-0.4, -0.2) is 33.4 Å². The van der Waals surface area contributed by atoms with Crippen LogP contribution in [0.15, 0.2) is 59.9 Å². The zero-order valence-corrected chi connectivity index (χ0v) is 19.1. The molecule has 6 heteroatoms. The number of amides is 1. The number of hydrogen-bond donors (Lipinski definition) is 1. The Morgan fingerprint density at radius 3 is 2.61 bits per heavy atom. The molecule has 0 unspecified atom stereocenters. The fourth-order valence-electron chi connectivity index (χ4n) is 3.91. The van der Waals surface area contributed by atoms with E-state index in [1.54, 1.807) is 0 Å². The Labute approximate surface area is 188 Å². The monoisotopic (exact) mass is 435 g/mol. The number of carbonyl (C=O) groups is 1. The molecule has 0 spiro atoms. The molecular weight excluding hydrogens is 406 g/mol. The van der Waals surface area contributed by atoms with Crippen LogP contribution < -0.4 is 5.32 Å². The van der Waals surface area contributed by atoms with E-state index in [2.05, 4.69) is 27.0 Å². The lowest BCUT2D eigenvalue weighted by Crippen LogP contribution is -2.24. The lowest BCUT2D eigenvalue weighted by atomic mass is 10.1. The minimum absolute atomic E-state index is 0.0182. The molecule has 2 heterocycles. The molecule has 0 saturated carbocycles. The normalized spacial score (nSPS) is 16.9. The lowest BCUT2D eigenvalue weighted by molar-refractivity contribution is -0.115. The molecule has 1 aliphatic heterocycles. The summed E-state index contributed by atoms with van der Waals surface area (Å²) in [5, 5.41) is 3.67. The number of ether oxygens (including phenoxy) is 1. The third kappa shape index (κ3) is 5.02. The maximum absolute atomic E-state index is 13.0. The van der Waals surface area contributed by atoms with Crippen molar-refractivity contribution in [1.82, 2.24) is 9.55 Å². The fraction of sp³-hybridized carbons (Fsp3) is 0.360. The Morgan fingerprint density at radius 1 is 1.19 bits per heavy atom. The number of thioether (sulfide) groups is 1. The summed E-state index contributed by atoms with van der Waals surface area (Å²) in [6.07, 6.45) is 4.24. The first-order chi connectivity index (χ1) is 15.0. The van der Waals surface area contributed by atoms with Crippen LogP contribution in [0.1, 0.15) is 30.9 Å². The van der Waals surface area contributed by atoms with E-state index in [9.17, 15) is 4.79 Å². The highest BCUT2D eigenvalue weighted by Crippen LogP contribution is 2.31. The second-order valence-electron chi connectivity index (χ2n) is 8.05. The van der Waals surface area contributed by atoms with Crippen LogP contribution in [0, 0.1) is 13.8 Å². The minimum atomic E-state index is -0.284. The molecule has 1 N–H and O–H groups in total. The number of hydrogen-bond acceptors (Lipinski definition) is 4. The molecule has 5 nitrogen and oxygen atoms in total. The summed E-state index contributed by atoms with van der Waals surface area (Å²) < 4.78 is 8.10. The molecule has 0 bridgehead atoms. The molecule has 2 atom stereocenters. The van der Waals surface area contributed by atoms with E-state index >= 15 is 0 Å². The van der Waals surface area contributed by atoms with Gasteiger partial charge in [-0.15, -0.1) is 0 Å². The highest BCUT2D eigenvalue weighted by Gasteiger charge is 2.24. The average Bonchev–Trinajstić information content (AvgIpc) is 3.42. The van der Waals surface area contributed by atoms with Crippen molar-refractivity contribution in [3.63, 3.8) is 0 Å². The number of nitrogens with one attached hydrogen (secondary N) is 1. The molecule has 0 radical (unpaired) electrons. The molecule has 1 saturated heterocycles. The molecule has 1 amide bonds. The summed E-state index contributed by atoms with van der Waals surface area (Å²) in [4.78, 5) is 17.6. The van der Waals surface area contributed by atoms with Gasteiger partial charge < -0.3 is 14.6 Å². The second-order valence-corrected chi connectivity index (χ2v) is 9.36. The maximum Gasteiger partial charge on any atom is 0.237 e. The molecular formula is C25H29N3O2S. The zero-order chi connectivity index (χ0) is 21.8. The average molecular weight is 436 g/mol. The zero-order valence-electron chi connectivity index (χ0n) is 18.3. The van der Waals surface area contributed by atoms with Gasteiger partial charge in [-0.25, -0.2) is 4.98 Å². The SMILES string of the molecule is Cc1cccc(C)c1NC(=O)[C@@H](C)Sc1ncc(-c2ccccc2)n1C[C@H]1CCCO1. The topological polar surface area (TPSA) is 56.2 Å². The van der Waals surface area contributed by atoms with E-state index in [-0.39, 0.29) is 17.3 Å². The van der Waals surface area contributed by atoms with Crippen LogP contribution >= 0.6 is 11.8 Å². The van der Waals surface area contributed by atoms with Gasteiger partial charge in [0.25, 0.3) is 0 Å². The standard InChI is InChI=1S/C25H29N3O2S/c1-17-9-7-10-18(2)23(17)27-24(29)19(3)31-25-26-15-22(20-11-5-4-6-12-20)28(25)16-21-13-8-14-30-21/h4-7,9-12,15,19,21H,8,13-14,16H2,1-3H3,(H,27,29)/t19-,21-/m1/s1. The summed E-state index contributed by atoms with van der Waals surface area (Å²) in [5.74, 6) is -0.0182. The van der Waals surface area contributed by atoms with E-state index in [0.717, 1.165) is 59.2 Å². The highest BCUT2D eigenvalue weighted by molar-refractivity contribution is 8.00. The number of carbonyl (C=O) groups excluding carboxylic acids is 1. The van der Waals surface area contributed by atoms with Gasteiger partial charge >= 0.3 is 0 Å². The van der Waals surface area contributed by atoms with Crippen LogP contribution in [0.3, 0.4) is 0 Å². The van der Waals surface area contributed by atoms with E-state index in [1.807, 2.05) is 63.4 Å². The van der Waals surface area contributed by atoms with Crippen molar-refractivity contribution in [1.29, 1.82) is 0 Å².